The molecule has 0 saturated heterocycles. The molecule has 0 radical (unpaired) electrons. The summed E-state index contributed by atoms with van der Waals surface area (Å²) in [5.41, 5.74) is 2.93. The monoisotopic (exact) mass is 509 g/mol. The SMILES string of the molecule is O=P(O)(O)COC[C@H]1C[C@@H](n2ncc3c(N[C@H]4CCc5ccccc54)nc(Cl)nc32)[C@H](O)[C@H]1O. The van der Waals surface area contributed by atoms with Gasteiger partial charge < -0.3 is 30.1 Å². The Morgan fingerprint density at radius 2 is 2.00 bits per heavy atom. The summed E-state index contributed by atoms with van der Waals surface area (Å²) in [6, 6.07) is 7.69. The van der Waals surface area contributed by atoms with Gasteiger partial charge in [-0.2, -0.15) is 15.1 Å². The average Bonchev–Trinajstić information content (AvgIpc) is 3.45. The topological polar surface area (TPSA) is 163 Å². The largest absolute Gasteiger partial charge is 0.390 e. The Morgan fingerprint density at radius 1 is 1.21 bits per heavy atom. The van der Waals surface area contributed by atoms with Crippen molar-refractivity contribution in [3.8, 4) is 0 Å². The smallest absolute Gasteiger partial charge is 0.350 e. The van der Waals surface area contributed by atoms with Gasteiger partial charge in [-0.3, -0.25) is 4.57 Å². The van der Waals surface area contributed by atoms with E-state index in [0.717, 1.165) is 12.8 Å². The van der Waals surface area contributed by atoms with Crippen LogP contribution in [0.2, 0.25) is 5.28 Å². The van der Waals surface area contributed by atoms with E-state index in [1.54, 1.807) is 6.20 Å². The molecular formula is C21H25ClN5O6P. The molecule has 1 aromatic carbocycles. The van der Waals surface area contributed by atoms with E-state index in [1.165, 1.54) is 15.8 Å². The molecule has 182 valence electrons. The lowest BCUT2D eigenvalue weighted by atomic mass is 10.1. The second-order valence-corrected chi connectivity index (χ2v) is 10.7. The second kappa shape index (κ2) is 9.16. The number of hydrogen-bond acceptors (Lipinski definition) is 8. The fourth-order valence-corrected chi connectivity index (χ4v) is 5.46. The van der Waals surface area contributed by atoms with Gasteiger partial charge in [-0.1, -0.05) is 24.3 Å². The number of hydrogen-bond donors (Lipinski definition) is 5. The van der Waals surface area contributed by atoms with E-state index in [0.29, 0.717) is 16.9 Å². The zero-order chi connectivity index (χ0) is 24.0. The van der Waals surface area contributed by atoms with E-state index in [1.807, 2.05) is 12.1 Å². The Morgan fingerprint density at radius 3 is 2.79 bits per heavy atom. The van der Waals surface area contributed by atoms with Crippen LogP contribution in [0.25, 0.3) is 11.0 Å². The maximum Gasteiger partial charge on any atom is 0.350 e. The Labute approximate surface area is 199 Å². The standard InChI is InChI=1S/C21H25ClN5O6P/c22-21-25-19(24-15-6-5-11-3-1-2-4-13(11)15)14-8-23-27(20(14)26-21)16-7-12(17(28)18(16)29)9-33-10-34(30,31)32/h1-4,8,12,15-18,28-29H,5-7,9-10H2,(H,24,25,26)(H2,30,31,32)/t12-,15+,16-,17+,18+/m1/s1. The molecule has 2 aliphatic rings. The lowest BCUT2D eigenvalue weighted by Gasteiger charge is -2.18. The number of anilines is 1. The molecule has 0 bridgehead atoms. The Kier molecular flexibility index (Phi) is 6.36. The molecule has 3 aromatic rings. The molecular weight excluding hydrogens is 485 g/mol. The molecule has 0 aliphatic heterocycles. The number of halogens is 1. The molecule has 1 saturated carbocycles. The minimum atomic E-state index is -4.32. The highest BCUT2D eigenvalue weighted by molar-refractivity contribution is 7.51. The highest BCUT2D eigenvalue weighted by atomic mass is 35.5. The van der Waals surface area contributed by atoms with Crippen molar-refractivity contribution in [2.24, 2.45) is 5.92 Å². The number of aryl methyl sites for hydroxylation is 1. The van der Waals surface area contributed by atoms with Crippen LogP contribution in [0.5, 0.6) is 0 Å². The maximum atomic E-state index is 11.0. The summed E-state index contributed by atoms with van der Waals surface area (Å²) in [6.07, 6.45) is 0.702. The van der Waals surface area contributed by atoms with Crippen molar-refractivity contribution in [3.63, 3.8) is 0 Å². The van der Waals surface area contributed by atoms with Gasteiger partial charge >= 0.3 is 7.60 Å². The van der Waals surface area contributed by atoms with Crippen molar-refractivity contribution in [2.45, 2.75) is 43.6 Å². The van der Waals surface area contributed by atoms with Gasteiger partial charge in [0.2, 0.25) is 5.28 Å². The van der Waals surface area contributed by atoms with Crippen molar-refractivity contribution in [3.05, 3.63) is 46.9 Å². The minimum absolute atomic E-state index is 0.0256. The second-order valence-electron chi connectivity index (χ2n) is 8.81. The van der Waals surface area contributed by atoms with Gasteiger partial charge in [-0.25, -0.2) is 4.68 Å². The molecule has 0 spiro atoms. The molecule has 0 amide bonds. The number of aliphatic hydroxyl groups excluding tert-OH is 2. The van der Waals surface area contributed by atoms with Gasteiger partial charge in [0.25, 0.3) is 0 Å². The van der Waals surface area contributed by atoms with Crippen molar-refractivity contribution >= 4 is 36.0 Å². The Balaban J connectivity index is 1.39. The first kappa shape index (κ1) is 23.6. The number of aliphatic hydroxyl groups is 2. The molecule has 2 aromatic heterocycles. The predicted molar refractivity (Wildman–Crippen MR) is 123 cm³/mol. The Hall–Kier alpha value is -2.11. The highest BCUT2D eigenvalue weighted by Gasteiger charge is 2.44. The summed E-state index contributed by atoms with van der Waals surface area (Å²) < 4.78 is 17.6. The third-order valence-corrected chi connectivity index (χ3v) is 7.24. The van der Waals surface area contributed by atoms with Crippen LogP contribution in [0.15, 0.2) is 30.5 Å². The van der Waals surface area contributed by atoms with Gasteiger partial charge in [0.1, 0.15) is 18.3 Å². The lowest BCUT2D eigenvalue weighted by molar-refractivity contribution is -0.0127. The van der Waals surface area contributed by atoms with Crippen LogP contribution in [0.1, 0.15) is 36.1 Å². The van der Waals surface area contributed by atoms with Crippen LogP contribution in [0, 0.1) is 5.92 Å². The van der Waals surface area contributed by atoms with E-state index in [2.05, 4.69) is 32.5 Å². The maximum absolute atomic E-state index is 11.0. The molecule has 2 heterocycles. The van der Waals surface area contributed by atoms with E-state index >= 15 is 0 Å². The first-order valence-corrected chi connectivity index (χ1v) is 13.1. The summed E-state index contributed by atoms with van der Waals surface area (Å²) in [6.45, 7) is -0.108. The number of rotatable bonds is 7. The van der Waals surface area contributed by atoms with Gasteiger partial charge in [0, 0.05) is 5.92 Å². The Bertz CT molecular complexity index is 1250. The highest BCUT2D eigenvalue weighted by Crippen LogP contribution is 2.40. The zero-order valence-corrected chi connectivity index (χ0v) is 19.7. The normalized spacial score (nSPS) is 26.8. The van der Waals surface area contributed by atoms with Crippen molar-refractivity contribution in [1.82, 2.24) is 19.7 Å². The lowest BCUT2D eigenvalue weighted by Crippen LogP contribution is -2.31. The molecule has 5 rings (SSSR count). The molecule has 0 unspecified atom stereocenters. The molecule has 2 aliphatic carbocycles. The van der Waals surface area contributed by atoms with Gasteiger partial charge in [0.15, 0.2) is 5.65 Å². The number of ether oxygens (including phenoxy) is 1. The van der Waals surface area contributed by atoms with Crippen LogP contribution < -0.4 is 5.32 Å². The molecule has 1 fully saturated rings. The van der Waals surface area contributed by atoms with Gasteiger partial charge in [0.05, 0.1) is 36.4 Å². The van der Waals surface area contributed by atoms with Crippen LogP contribution >= 0.6 is 19.2 Å². The summed E-state index contributed by atoms with van der Waals surface area (Å²) >= 11 is 6.24. The number of nitrogens with one attached hydrogen (secondary N) is 1. The predicted octanol–water partition coefficient (Wildman–Crippen LogP) is 2.01. The van der Waals surface area contributed by atoms with Crippen molar-refractivity contribution in [1.29, 1.82) is 0 Å². The summed E-state index contributed by atoms with van der Waals surface area (Å²) in [4.78, 5) is 26.6. The van der Waals surface area contributed by atoms with Crippen LogP contribution in [-0.4, -0.2) is 64.9 Å². The molecule has 11 nitrogen and oxygen atoms in total. The molecule has 5 N–H and O–H groups in total. The summed E-state index contributed by atoms with van der Waals surface area (Å²) in [7, 11) is -4.32. The van der Waals surface area contributed by atoms with Gasteiger partial charge in [-0.05, 0) is 42.0 Å². The minimum Gasteiger partial charge on any atom is -0.390 e. The third-order valence-electron chi connectivity index (χ3n) is 6.55. The van der Waals surface area contributed by atoms with E-state index in [-0.39, 0.29) is 24.4 Å². The van der Waals surface area contributed by atoms with Crippen LogP contribution in [-0.2, 0) is 15.7 Å². The van der Waals surface area contributed by atoms with Crippen molar-refractivity contribution in [2.75, 3.05) is 18.3 Å². The van der Waals surface area contributed by atoms with E-state index in [9.17, 15) is 14.8 Å². The number of fused-ring (bicyclic) bond motifs is 2. The summed E-state index contributed by atoms with van der Waals surface area (Å²) in [5, 5.41) is 29.7. The number of aromatic nitrogens is 4. The van der Waals surface area contributed by atoms with Crippen molar-refractivity contribution < 1.29 is 29.3 Å². The molecule has 5 atom stereocenters. The fraction of sp³-hybridized carbons (Fsp3) is 0.476. The molecule has 13 heteroatoms. The average molecular weight is 510 g/mol. The number of benzene rings is 1. The zero-order valence-electron chi connectivity index (χ0n) is 18.0. The third kappa shape index (κ3) is 4.57. The van der Waals surface area contributed by atoms with Crippen LogP contribution in [0.3, 0.4) is 0 Å². The number of nitrogens with zero attached hydrogens (tertiary/aromatic N) is 4. The summed E-state index contributed by atoms with van der Waals surface area (Å²) in [5.74, 6) is 0.00760. The first-order valence-electron chi connectivity index (χ1n) is 10.9. The first-order chi connectivity index (χ1) is 16.2. The van der Waals surface area contributed by atoms with Crippen LogP contribution in [0.4, 0.5) is 5.82 Å². The van der Waals surface area contributed by atoms with E-state index in [4.69, 9.17) is 26.1 Å². The van der Waals surface area contributed by atoms with E-state index < -0.39 is 38.1 Å². The quantitative estimate of drug-likeness (QED) is 0.235. The fourth-order valence-electron chi connectivity index (χ4n) is 4.95. The van der Waals surface area contributed by atoms with Gasteiger partial charge in [-0.15, -0.1) is 0 Å². The molecule has 34 heavy (non-hydrogen) atoms.